The molecule has 3 aromatic carbocycles. The van der Waals surface area contributed by atoms with Crippen LogP contribution in [0, 0.1) is 11.3 Å². The van der Waals surface area contributed by atoms with Crippen LogP contribution in [0.4, 0.5) is 11.4 Å². The van der Waals surface area contributed by atoms with Crippen LogP contribution >= 0.6 is 11.6 Å². The third kappa shape index (κ3) is 6.45. The highest BCUT2D eigenvalue weighted by Gasteiger charge is 2.32. The lowest BCUT2D eigenvalue weighted by atomic mass is 9.96. The van der Waals surface area contributed by atoms with Gasteiger partial charge in [-0.05, 0) is 54.6 Å². The Morgan fingerprint density at radius 3 is 2.36 bits per heavy atom. The van der Waals surface area contributed by atoms with Gasteiger partial charge in [0.25, 0.3) is 0 Å². The number of halogens is 1. The van der Waals surface area contributed by atoms with E-state index in [2.05, 4.69) is 36.8 Å². The fraction of sp³-hybridized carbons (Fsp3) is 0.281. The predicted octanol–water partition coefficient (Wildman–Crippen LogP) is 6.42. The van der Waals surface area contributed by atoms with E-state index in [-0.39, 0.29) is 5.41 Å². The number of aromatic nitrogens is 3. The summed E-state index contributed by atoms with van der Waals surface area (Å²) < 4.78 is 11.1. The maximum atomic E-state index is 9.22. The molecule has 0 saturated heterocycles. The predicted molar refractivity (Wildman–Crippen MR) is 166 cm³/mol. The average Bonchev–Trinajstić information content (AvgIpc) is 3.55. The Bertz CT molecular complexity index is 1650. The van der Waals surface area contributed by atoms with E-state index in [0.29, 0.717) is 54.2 Å². The smallest absolute Gasteiger partial charge is 0.204 e. The van der Waals surface area contributed by atoms with Crippen molar-refractivity contribution in [3.63, 3.8) is 0 Å². The highest BCUT2D eigenvalue weighted by Crippen LogP contribution is 2.28. The van der Waals surface area contributed by atoms with E-state index < -0.39 is 0 Å². The summed E-state index contributed by atoms with van der Waals surface area (Å²) in [6, 6.07) is 25.1. The van der Waals surface area contributed by atoms with E-state index in [9.17, 15) is 5.26 Å². The van der Waals surface area contributed by atoms with Crippen molar-refractivity contribution in [2.45, 2.75) is 32.6 Å². The fourth-order valence-electron chi connectivity index (χ4n) is 4.39. The first-order valence-corrected chi connectivity index (χ1v) is 14.0. The molecule has 0 aliphatic carbocycles. The molecule has 9 nitrogen and oxygen atoms in total. The number of anilines is 1. The molecular formula is C32H32ClN7O2. The third-order valence-corrected chi connectivity index (χ3v) is 6.99. The van der Waals surface area contributed by atoms with E-state index in [1.807, 2.05) is 72.8 Å². The number of methoxy groups -OCH3 is 1. The van der Waals surface area contributed by atoms with Crippen molar-refractivity contribution in [1.82, 2.24) is 14.9 Å². The molecule has 10 heteroatoms. The Labute approximate surface area is 250 Å². The number of nitrogens with zero attached hydrogens (tertiary/aromatic N) is 7. The van der Waals surface area contributed by atoms with Crippen LogP contribution in [-0.2, 0) is 5.41 Å². The van der Waals surface area contributed by atoms with Gasteiger partial charge < -0.3 is 14.4 Å². The highest BCUT2D eigenvalue weighted by atomic mass is 35.5. The Morgan fingerprint density at radius 1 is 0.976 bits per heavy atom. The monoisotopic (exact) mass is 581 g/mol. The normalized spacial score (nSPS) is 13.4. The molecule has 0 spiro atoms. The van der Waals surface area contributed by atoms with Gasteiger partial charge in [-0.25, -0.2) is 9.98 Å². The van der Waals surface area contributed by atoms with Gasteiger partial charge in [0.15, 0.2) is 5.82 Å². The van der Waals surface area contributed by atoms with Crippen molar-refractivity contribution in [3.8, 4) is 17.6 Å². The Hall–Kier alpha value is -4.68. The lowest BCUT2D eigenvalue weighted by Crippen LogP contribution is -2.29. The van der Waals surface area contributed by atoms with E-state index in [1.165, 1.54) is 0 Å². The second-order valence-corrected chi connectivity index (χ2v) is 11.1. The van der Waals surface area contributed by atoms with Crippen molar-refractivity contribution in [1.29, 1.82) is 5.26 Å². The molecule has 214 valence electrons. The lowest BCUT2D eigenvalue weighted by Gasteiger charge is -2.24. The van der Waals surface area contributed by atoms with Gasteiger partial charge in [0.05, 0.1) is 36.9 Å². The van der Waals surface area contributed by atoms with E-state index in [4.69, 9.17) is 36.2 Å². The van der Waals surface area contributed by atoms with Crippen LogP contribution < -0.4 is 14.4 Å². The minimum Gasteiger partial charge on any atom is -0.497 e. The van der Waals surface area contributed by atoms with Crippen molar-refractivity contribution in [3.05, 3.63) is 95.0 Å². The molecule has 0 radical (unpaired) electrons. The van der Waals surface area contributed by atoms with Crippen molar-refractivity contribution >= 4 is 34.4 Å². The van der Waals surface area contributed by atoms with E-state index in [0.717, 1.165) is 28.4 Å². The molecule has 1 aliphatic heterocycles. The average molecular weight is 582 g/mol. The molecular weight excluding hydrogens is 550 g/mol. The number of rotatable bonds is 10. The maximum absolute atomic E-state index is 9.22. The quantitative estimate of drug-likeness (QED) is 0.214. The molecule has 0 saturated carbocycles. The van der Waals surface area contributed by atoms with Crippen LogP contribution in [-0.4, -0.2) is 53.1 Å². The van der Waals surface area contributed by atoms with Gasteiger partial charge in [-0.3, -0.25) is 0 Å². The molecule has 1 aliphatic rings. The zero-order valence-corrected chi connectivity index (χ0v) is 24.8. The van der Waals surface area contributed by atoms with Crippen molar-refractivity contribution in [2.75, 3.05) is 31.7 Å². The number of hydrogen-bond donors (Lipinski definition) is 0. The molecule has 5 rings (SSSR count). The van der Waals surface area contributed by atoms with Gasteiger partial charge in [0.2, 0.25) is 5.82 Å². The molecule has 0 amide bonds. The minimum atomic E-state index is -0.242. The molecule has 0 fully saturated rings. The number of nitriles is 1. The fourth-order valence-corrected chi connectivity index (χ4v) is 4.62. The number of hydrogen-bond acceptors (Lipinski definition) is 8. The number of fused-ring (bicyclic) bond motifs is 1. The highest BCUT2D eigenvalue weighted by molar-refractivity contribution is 6.56. The minimum absolute atomic E-state index is 0.242. The summed E-state index contributed by atoms with van der Waals surface area (Å²) in [6.07, 6.45) is 0.399. The summed E-state index contributed by atoms with van der Waals surface area (Å²) in [5.41, 5.74) is 3.45. The van der Waals surface area contributed by atoms with Gasteiger partial charge in [0.1, 0.15) is 29.5 Å². The summed E-state index contributed by atoms with van der Waals surface area (Å²) in [4.78, 5) is 13.4. The summed E-state index contributed by atoms with van der Waals surface area (Å²) in [6.45, 7) is 7.85. The van der Waals surface area contributed by atoms with Crippen LogP contribution in [0.5, 0.6) is 11.5 Å². The molecule has 0 unspecified atom stereocenters. The van der Waals surface area contributed by atoms with Gasteiger partial charge >= 0.3 is 0 Å². The van der Waals surface area contributed by atoms with E-state index >= 15 is 0 Å². The maximum Gasteiger partial charge on any atom is 0.204 e. The summed E-state index contributed by atoms with van der Waals surface area (Å²) in [7, 11) is 1.63. The second-order valence-electron chi connectivity index (χ2n) is 10.7. The molecule has 0 atom stereocenters. The molecule has 0 bridgehead atoms. The Balaban J connectivity index is 1.39. The zero-order valence-electron chi connectivity index (χ0n) is 24.1. The largest absolute Gasteiger partial charge is 0.497 e. The number of benzene rings is 3. The first kappa shape index (κ1) is 28.8. The van der Waals surface area contributed by atoms with Crippen molar-refractivity contribution < 1.29 is 9.47 Å². The van der Waals surface area contributed by atoms with E-state index in [1.54, 1.807) is 11.9 Å². The van der Waals surface area contributed by atoms with Crippen LogP contribution in [0.15, 0.2) is 82.9 Å². The standard InChI is InChI=1S/C32H32ClN7O2/c1-32(2,3)31-36-30-29(28(37-40(30)38-31)26-8-5-6-9-27(26)33)35-22-10-12-23(13-11-22)39(19-7-18-34)20-21-42-25-16-14-24(41-4)15-17-25/h5-6,8-17H,7,19-21H2,1-4H3/b35-29-. The molecule has 1 aromatic heterocycles. The number of ether oxygens (including phenoxy) is 2. The summed E-state index contributed by atoms with van der Waals surface area (Å²) in [5.74, 6) is 2.80. The number of aliphatic imine (C=N–C) groups is 1. The Kier molecular flexibility index (Phi) is 8.55. The first-order valence-electron chi connectivity index (χ1n) is 13.7. The summed E-state index contributed by atoms with van der Waals surface area (Å²) in [5, 5.41) is 19.1. The van der Waals surface area contributed by atoms with Gasteiger partial charge in [-0.1, -0.05) is 50.6 Å². The van der Waals surface area contributed by atoms with Gasteiger partial charge in [-0.15, -0.1) is 15.0 Å². The lowest BCUT2D eigenvalue weighted by molar-refractivity contribution is 0.323. The Morgan fingerprint density at radius 2 is 1.69 bits per heavy atom. The molecule has 4 aromatic rings. The SMILES string of the molecule is COc1ccc(OCCN(CCC#N)c2ccc(/N=C3/C(c4ccccc4Cl)=Nn4nc(C(C)(C)C)nc43)cc2)cc1. The van der Waals surface area contributed by atoms with Crippen LogP contribution in [0.2, 0.25) is 5.02 Å². The molecule has 0 N–H and O–H groups in total. The molecule has 2 heterocycles. The van der Waals surface area contributed by atoms with Crippen LogP contribution in [0.3, 0.4) is 0 Å². The van der Waals surface area contributed by atoms with Gasteiger partial charge in [0, 0.05) is 23.2 Å². The summed E-state index contributed by atoms with van der Waals surface area (Å²) >= 11 is 6.55. The zero-order chi connectivity index (χ0) is 29.7. The van der Waals surface area contributed by atoms with Crippen LogP contribution in [0.1, 0.15) is 44.4 Å². The second kappa shape index (κ2) is 12.5. The van der Waals surface area contributed by atoms with Crippen LogP contribution in [0.25, 0.3) is 0 Å². The molecule has 42 heavy (non-hydrogen) atoms. The van der Waals surface area contributed by atoms with Crippen molar-refractivity contribution in [2.24, 2.45) is 10.1 Å². The van der Waals surface area contributed by atoms with Gasteiger partial charge in [-0.2, -0.15) is 5.26 Å². The third-order valence-electron chi connectivity index (χ3n) is 6.66. The first-order chi connectivity index (χ1) is 20.3. The topological polar surface area (TPSA) is 101 Å².